The van der Waals surface area contributed by atoms with Crippen molar-refractivity contribution in [2.75, 3.05) is 26.2 Å². The minimum absolute atomic E-state index is 0.305. The number of piperazine rings is 1. The molecule has 3 heteroatoms. The molecule has 60 valence electrons. The van der Waals surface area contributed by atoms with Crippen LogP contribution in [0.4, 0.5) is 0 Å². The molecule has 0 bridgehead atoms. The van der Waals surface area contributed by atoms with Gasteiger partial charge < -0.3 is 5.11 Å². The molecule has 0 radical (unpaired) electrons. The van der Waals surface area contributed by atoms with Gasteiger partial charge in [-0.2, -0.15) is 0 Å². The molecular weight excluding hydrogens is 128 g/mol. The molecule has 0 aromatic rings. The van der Waals surface area contributed by atoms with Gasteiger partial charge in [0.1, 0.15) is 6.23 Å². The Hall–Kier alpha value is -0.120. The van der Waals surface area contributed by atoms with Gasteiger partial charge in [-0.25, -0.2) is 0 Å². The topological polar surface area (TPSA) is 35.5 Å². The SMILES string of the molecule is CCCN1CCNC(O)C1. The fraction of sp³-hybridized carbons (Fsp3) is 1.00. The van der Waals surface area contributed by atoms with Crippen LogP contribution in [0, 0.1) is 0 Å². The summed E-state index contributed by atoms with van der Waals surface area (Å²) in [5, 5.41) is 12.1. The largest absolute Gasteiger partial charge is 0.377 e. The van der Waals surface area contributed by atoms with E-state index in [-0.39, 0.29) is 6.23 Å². The monoisotopic (exact) mass is 144 g/mol. The van der Waals surface area contributed by atoms with Crippen LogP contribution >= 0.6 is 0 Å². The Kier molecular flexibility index (Phi) is 3.12. The Morgan fingerprint density at radius 3 is 3.10 bits per heavy atom. The van der Waals surface area contributed by atoms with Crippen LogP contribution in [0.3, 0.4) is 0 Å². The van der Waals surface area contributed by atoms with Crippen molar-refractivity contribution in [2.24, 2.45) is 0 Å². The second kappa shape index (κ2) is 3.91. The summed E-state index contributed by atoms with van der Waals surface area (Å²) in [5.74, 6) is 0. The van der Waals surface area contributed by atoms with E-state index in [1.807, 2.05) is 0 Å². The second-order valence-corrected chi connectivity index (χ2v) is 2.77. The molecule has 0 amide bonds. The van der Waals surface area contributed by atoms with Crippen molar-refractivity contribution >= 4 is 0 Å². The number of aliphatic hydroxyl groups is 1. The first-order chi connectivity index (χ1) is 4.83. The lowest BCUT2D eigenvalue weighted by atomic mass is 10.3. The first-order valence-electron chi connectivity index (χ1n) is 3.96. The van der Waals surface area contributed by atoms with E-state index in [0.29, 0.717) is 0 Å². The Labute approximate surface area is 62.0 Å². The van der Waals surface area contributed by atoms with E-state index in [4.69, 9.17) is 5.11 Å². The summed E-state index contributed by atoms with van der Waals surface area (Å²) in [6.45, 7) is 6.05. The van der Waals surface area contributed by atoms with Crippen molar-refractivity contribution in [3.05, 3.63) is 0 Å². The summed E-state index contributed by atoms with van der Waals surface area (Å²) in [7, 11) is 0. The predicted molar refractivity (Wildman–Crippen MR) is 40.7 cm³/mol. The highest BCUT2D eigenvalue weighted by Crippen LogP contribution is 1.96. The summed E-state index contributed by atoms with van der Waals surface area (Å²) in [6, 6.07) is 0. The summed E-state index contributed by atoms with van der Waals surface area (Å²) < 4.78 is 0. The highest BCUT2D eigenvalue weighted by atomic mass is 16.3. The molecule has 0 spiro atoms. The summed E-state index contributed by atoms with van der Waals surface area (Å²) in [6.07, 6.45) is 0.868. The van der Waals surface area contributed by atoms with E-state index in [2.05, 4.69) is 17.1 Å². The molecule has 2 N–H and O–H groups in total. The first-order valence-corrected chi connectivity index (χ1v) is 3.96. The van der Waals surface area contributed by atoms with Gasteiger partial charge in [-0.1, -0.05) is 6.92 Å². The number of aliphatic hydroxyl groups excluding tert-OH is 1. The normalized spacial score (nSPS) is 28.8. The van der Waals surface area contributed by atoms with Crippen LogP contribution in [0.2, 0.25) is 0 Å². The molecule has 10 heavy (non-hydrogen) atoms. The van der Waals surface area contributed by atoms with Crippen molar-refractivity contribution in [1.29, 1.82) is 0 Å². The summed E-state index contributed by atoms with van der Waals surface area (Å²) >= 11 is 0. The molecule has 0 aromatic carbocycles. The number of nitrogens with zero attached hydrogens (tertiary/aromatic N) is 1. The lowest BCUT2D eigenvalue weighted by Gasteiger charge is -2.30. The smallest absolute Gasteiger partial charge is 0.117 e. The van der Waals surface area contributed by atoms with Crippen LogP contribution in [0.25, 0.3) is 0 Å². The van der Waals surface area contributed by atoms with Gasteiger partial charge in [0.05, 0.1) is 0 Å². The molecule has 1 saturated heterocycles. The van der Waals surface area contributed by atoms with Crippen LogP contribution in [-0.2, 0) is 0 Å². The maximum atomic E-state index is 9.15. The van der Waals surface area contributed by atoms with Gasteiger partial charge in [-0.15, -0.1) is 0 Å². The first kappa shape index (κ1) is 7.98. The van der Waals surface area contributed by atoms with Crippen molar-refractivity contribution < 1.29 is 5.11 Å². The minimum atomic E-state index is -0.305. The minimum Gasteiger partial charge on any atom is -0.377 e. The zero-order valence-electron chi connectivity index (χ0n) is 6.51. The van der Waals surface area contributed by atoms with Crippen LogP contribution in [0.1, 0.15) is 13.3 Å². The van der Waals surface area contributed by atoms with E-state index in [9.17, 15) is 0 Å². The average molecular weight is 144 g/mol. The standard InChI is InChI=1S/C7H16N2O/c1-2-4-9-5-3-8-7(10)6-9/h7-8,10H,2-6H2,1H3. The molecule has 0 aliphatic carbocycles. The lowest BCUT2D eigenvalue weighted by Crippen LogP contribution is -2.50. The van der Waals surface area contributed by atoms with Gasteiger partial charge >= 0.3 is 0 Å². The summed E-state index contributed by atoms with van der Waals surface area (Å²) in [4.78, 5) is 2.28. The van der Waals surface area contributed by atoms with E-state index in [1.54, 1.807) is 0 Å². The molecule has 0 aromatic heterocycles. The molecule has 1 aliphatic rings. The lowest BCUT2D eigenvalue weighted by molar-refractivity contribution is 0.0547. The number of nitrogens with one attached hydrogen (secondary N) is 1. The van der Waals surface area contributed by atoms with Gasteiger partial charge in [0.15, 0.2) is 0 Å². The highest BCUT2D eigenvalue weighted by molar-refractivity contribution is 4.69. The number of hydrogen-bond donors (Lipinski definition) is 2. The van der Waals surface area contributed by atoms with Crippen molar-refractivity contribution in [3.8, 4) is 0 Å². The Morgan fingerprint density at radius 2 is 2.50 bits per heavy atom. The quantitative estimate of drug-likeness (QED) is 0.554. The van der Waals surface area contributed by atoms with E-state index < -0.39 is 0 Å². The molecule has 1 atom stereocenters. The van der Waals surface area contributed by atoms with Gasteiger partial charge in [0.25, 0.3) is 0 Å². The van der Waals surface area contributed by atoms with Gasteiger partial charge in [0.2, 0.25) is 0 Å². The molecule has 1 fully saturated rings. The van der Waals surface area contributed by atoms with Gasteiger partial charge in [-0.05, 0) is 13.0 Å². The third-order valence-corrected chi connectivity index (χ3v) is 1.78. The highest BCUT2D eigenvalue weighted by Gasteiger charge is 2.14. The summed E-state index contributed by atoms with van der Waals surface area (Å²) in [5.41, 5.74) is 0. The fourth-order valence-electron chi connectivity index (χ4n) is 1.31. The fourth-order valence-corrected chi connectivity index (χ4v) is 1.31. The van der Waals surface area contributed by atoms with Crippen LogP contribution in [-0.4, -0.2) is 42.4 Å². The third kappa shape index (κ3) is 2.25. The maximum Gasteiger partial charge on any atom is 0.117 e. The molecule has 1 rings (SSSR count). The maximum absolute atomic E-state index is 9.15. The van der Waals surface area contributed by atoms with Crippen LogP contribution < -0.4 is 5.32 Å². The van der Waals surface area contributed by atoms with Crippen molar-refractivity contribution in [1.82, 2.24) is 10.2 Å². The van der Waals surface area contributed by atoms with Gasteiger partial charge in [0, 0.05) is 19.6 Å². The van der Waals surface area contributed by atoms with Crippen LogP contribution in [0.5, 0.6) is 0 Å². The molecule has 1 aliphatic heterocycles. The second-order valence-electron chi connectivity index (χ2n) is 2.77. The molecule has 1 unspecified atom stereocenters. The Bertz CT molecular complexity index is 95.6. The van der Waals surface area contributed by atoms with Crippen molar-refractivity contribution in [2.45, 2.75) is 19.6 Å². The zero-order valence-corrected chi connectivity index (χ0v) is 6.51. The predicted octanol–water partition coefficient (Wildman–Crippen LogP) is -0.380. The number of rotatable bonds is 2. The van der Waals surface area contributed by atoms with Crippen LogP contribution in [0.15, 0.2) is 0 Å². The Morgan fingerprint density at radius 1 is 1.70 bits per heavy atom. The molecule has 1 heterocycles. The number of β-amino-alcohol motifs (C(OH)–C–C–N with tert-alkyl or cyclic N) is 1. The Balaban J connectivity index is 2.18. The molecule has 0 saturated carbocycles. The van der Waals surface area contributed by atoms with E-state index in [1.165, 1.54) is 6.42 Å². The van der Waals surface area contributed by atoms with E-state index in [0.717, 1.165) is 26.2 Å². The molecular formula is C7H16N2O. The van der Waals surface area contributed by atoms with Gasteiger partial charge in [-0.3, -0.25) is 10.2 Å². The average Bonchev–Trinajstić information content (AvgIpc) is 1.88. The van der Waals surface area contributed by atoms with E-state index >= 15 is 0 Å². The zero-order chi connectivity index (χ0) is 7.40. The third-order valence-electron chi connectivity index (χ3n) is 1.78. The van der Waals surface area contributed by atoms with Crippen molar-refractivity contribution in [3.63, 3.8) is 0 Å². The number of hydrogen-bond acceptors (Lipinski definition) is 3. The molecule has 3 nitrogen and oxygen atoms in total.